The molecule has 0 aliphatic carbocycles. The zero-order chi connectivity index (χ0) is 19.5. The number of hydrogen-bond acceptors (Lipinski definition) is 5. The molecule has 0 saturated heterocycles. The Hall–Kier alpha value is -2.02. The van der Waals surface area contributed by atoms with Crippen LogP contribution < -0.4 is 10.1 Å². The van der Waals surface area contributed by atoms with Crippen LogP contribution in [0, 0.1) is 0 Å². The second-order valence-electron chi connectivity index (χ2n) is 6.34. The van der Waals surface area contributed by atoms with E-state index in [0.29, 0.717) is 11.4 Å². The average molecular weight is 391 g/mol. The lowest BCUT2D eigenvalue weighted by atomic mass is 10.1. The fraction of sp³-hybridized carbons (Fsp3) is 0.550. The average Bonchev–Trinajstić information content (AvgIpc) is 3.08. The van der Waals surface area contributed by atoms with Gasteiger partial charge in [-0.05, 0) is 25.5 Å². The van der Waals surface area contributed by atoms with Crippen molar-refractivity contribution >= 4 is 23.4 Å². The number of aromatic nitrogens is 3. The van der Waals surface area contributed by atoms with Crippen LogP contribution in [-0.2, 0) is 17.8 Å². The van der Waals surface area contributed by atoms with E-state index >= 15 is 0 Å². The van der Waals surface area contributed by atoms with E-state index < -0.39 is 0 Å². The Balaban J connectivity index is 1.86. The number of rotatable bonds is 12. The molecule has 0 spiro atoms. The zero-order valence-corrected chi connectivity index (χ0v) is 17.3. The molecule has 7 heteroatoms. The van der Waals surface area contributed by atoms with Crippen LogP contribution in [-0.4, -0.2) is 33.5 Å². The predicted molar refractivity (Wildman–Crippen MR) is 111 cm³/mol. The molecule has 0 atom stereocenters. The first kappa shape index (κ1) is 21.3. The Kier molecular flexibility index (Phi) is 9.18. The van der Waals surface area contributed by atoms with Gasteiger partial charge in [-0.15, -0.1) is 10.2 Å². The Morgan fingerprint density at radius 1 is 1.15 bits per heavy atom. The summed E-state index contributed by atoms with van der Waals surface area (Å²) in [5.41, 5.74) is 0.676. The number of thioether (sulfide) groups is 1. The van der Waals surface area contributed by atoms with Gasteiger partial charge in [0, 0.05) is 13.0 Å². The van der Waals surface area contributed by atoms with Gasteiger partial charge in [-0.1, -0.05) is 56.5 Å². The lowest BCUT2D eigenvalue weighted by Crippen LogP contribution is -2.15. The van der Waals surface area contributed by atoms with Crippen molar-refractivity contribution in [3.05, 3.63) is 30.1 Å². The maximum atomic E-state index is 12.3. The van der Waals surface area contributed by atoms with Crippen LogP contribution >= 0.6 is 11.8 Å². The largest absolute Gasteiger partial charge is 0.495 e. The zero-order valence-electron chi connectivity index (χ0n) is 16.5. The van der Waals surface area contributed by atoms with Gasteiger partial charge in [0.1, 0.15) is 11.6 Å². The number of nitrogens with zero attached hydrogens (tertiary/aromatic N) is 3. The topological polar surface area (TPSA) is 69.0 Å². The van der Waals surface area contributed by atoms with Crippen molar-refractivity contribution in [3.63, 3.8) is 0 Å². The molecule has 0 aliphatic rings. The van der Waals surface area contributed by atoms with Crippen molar-refractivity contribution < 1.29 is 9.53 Å². The quantitative estimate of drug-likeness (QED) is 0.425. The molecule has 1 aromatic carbocycles. The minimum atomic E-state index is -0.0868. The number of amides is 1. The van der Waals surface area contributed by atoms with Crippen LogP contribution in [0.5, 0.6) is 5.75 Å². The molecule has 0 radical (unpaired) electrons. The lowest BCUT2D eigenvalue weighted by Gasteiger charge is -2.10. The molecule has 0 fully saturated rings. The number of aryl methyl sites for hydroxylation is 1. The fourth-order valence-electron chi connectivity index (χ4n) is 2.88. The van der Waals surface area contributed by atoms with Gasteiger partial charge in [-0.2, -0.15) is 0 Å². The van der Waals surface area contributed by atoms with E-state index in [2.05, 4.69) is 33.9 Å². The van der Waals surface area contributed by atoms with E-state index in [-0.39, 0.29) is 11.7 Å². The van der Waals surface area contributed by atoms with E-state index in [1.165, 1.54) is 37.4 Å². The van der Waals surface area contributed by atoms with Gasteiger partial charge in [0.25, 0.3) is 0 Å². The Morgan fingerprint density at radius 2 is 1.93 bits per heavy atom. The number of methoxy groups -OCH3 is 1. The molecule has 0 aliphatic heterocycles. The maximum Gasteiger partial charge on any atom is 0.234 e. The SMILES string of the molecule is CCCCCCCc1nnc(SCC(=O)Nc2ccccc2OC)n1CC. The molecule has 1 aromatic heterocycles. The van der Waals surface area contributed by atoms with Gasteiger partial charge in [-0.3, -0.25) is 4.79 Å². The van der Waals surface area contributed by atoms with Crippen molar-refractivity contribution in [2.45, 2.75) is 64.1 Å². The summed E-state index contributed by atoms with van der Waals surface area (Å²) < 4.78 is 7.37. The third-order valence-electron chi connectivity index (χ3n) is 4.33. The Bertz CT molecular complexity index is 718. The molecule has 1 heterocycles. The third-order valence-corrected chi connectivity index (χ3v) is 5.29. The van der Waals surface area contributed by atoms with Crippen LogP contribution in [0.3, 0.4) is 0 Å². The fourth-order valence-corrected chi connectivity index (χ4v) is 3.70. The molecule has 2 rings (SSSR count). The molecule has 2 aromatic rings. The highest BCUT2D eigenvalue weighted by atomic mass is 32.2. The first-order chi connectivity index (χ1) is 13.2. The summed E-state index contributed by atoms with van der Waals surface area (Å²) in [6, 6.07) is 7.39. The molecular weight excluding hydrogens is 360 g/mol. The van der Waals surface area contributed by atoms with Crippen LogP contribution in [0.2, 0.25) is 0 Å². The number of hydrogen-bond donors (Lipinski definition) is 1. The van der Waals surface area contributed by atoms with Crippen molar-refractivity contribution in [1.29, 1.82) is 0 Å². The van der Waals surface area contributed by atoms with E-state index in [9.17, 15) is 4.79 Å². The highest BCUT2D eigenvalue weighted by Crippen LogP contribution is 2.24. The molecular formula is C20H30N4O2S. The van der Waals surface area contributed by atoms with Crippen molar-refractivity contribution in [3.8, 4) is 5.75 Å². The third kappa shape index (κ3) is 6.57. The van der Waals surface area contributed by atoms with Crippen molar-refractivity contribution in [1.82, 2.24) is 14.8 Å². The number of benzene rings is 1. The number of carbonyl (C=O) groups is 1. The monoisotopic (exact) mass is 390 g/mol. The second kappa shape index (κ2) is 11.6. The Morgan fingerprint density at radius 3 is 2.67 bits per heavy atom. The van der Waals surface area contributed by atoms with Crippen LogP contribution in [0.15, 0.2) is 29.4 Å². The van der Waals surface area contributed by atoms with Gasteiger partial charge in [0.05, 0.1) is 18.6 Å². The van der Waals surface area contributed by atoms with Gasteiger partial charge < -0.3 is 14.6 Å². The Labute approximate surface area is 166 Å². The summed E-state index contributed by atoms with van der Waals surface area (Å²) in [7, 11) is 1.59. The van der Waals surface area contributed by atoms with Crippen molar-refractivity contribution in [2.75, 3.05) is 18.2 Å². The summed E-state index contributed by atoms with van der Waals surface area (Å²) in [6.45, 7) is 5.12. The molecule has 1 amide bonds. The molecule has 27 heavy (non-hydrogen) atoms. The summed E-state index contributed by atoms with van der Waals surface area (Å²) in [5, 5.41) is 12.3. The minimum absolute atomic E-state index is 0.0868. The van der Waals surface area contributed by atoms with Gasteiger partial charge in [0.15, 0.2) is 5.16 Å². The summed E-state index contributed by atoms with van der Waals surface area (Å²) in [6.07, 6.45) is 7.14. The van der Waals surface area contributed by atoms with E-state index in [1.807, 2.05) is 24.3 Å². The van der Waals surface area contributed by atoms with Crippen LogP contribution in [0.1, 0.15) is 51.8 Å². The minimum Gasteiger partial charge on any atom is -0.495 e. The number of anilines is 1. The molecule has 0 saturated carbocycles. The first-order valence-corrected chi connectivity index (χ1v) is 10.7. The predicted octanol–water partition coefficient (Wildman–Crippen LogP) is 4.55. The highest BCUT2D eigenvalue weighted by molar-refractivity contribution is 7.99. The van der Waals surface area contributed by atoms with E-state index in [1.54, 1.807) is 7.11 Å². The summed E-state index contributed by atoms with van der Waals surface area (Å²) in [4.78, 5) is 12.3. The highest BCUT2D eigenvalue weighted by Gasteiger charge is 2.14. The van der Waals surface area contributed by atoms with E-state index in [4.69, 9.17) is 4.74 Å². The summed E-state index contributed by atoms with van der Waals surface area (Å²) in [5.74, 6) is 1.86. The van der Waals surface area contributed by atoms with Gasteiger partial charge in [-0.25, -0.2) is 0 Å². The molecule has 1 N–H and O–H groups in total. The molecule has 6 nitrogen and oxygen atoms in total. The molecule has 0 bridgehead atoms. The van der Waals surface area contributed by atoms with E-state index in [0.717, 1.165) is 30.4 Å². The second-order valence-corrected chi connectivity index (χ2v) is 7.29. The first-order valence-electron chi connectivity index (χ1n) is 9.67. The number of unbranched alkanes of at least 4 members (excludes halogenated alkanes) is 4. The number of ether oxygens (including phenoxy) is 1. The van der Waals surface area contributed by atoms with Crippen LogP contribution in [0.4, 0.5) is 5.69 Å². The van der Waals surface area contributed by atoms with Gasteiger partial charge >= 0.3 is 0 Å². The summed E-state index contributed by atoms with van der Waals surface area (Å²) >= 11 is 1.42. The number of para-hydroxylation sites is 2. The number of nitrogens with one attached hydrogen (secondary N) is 1. The number of carbonyl (C=O) groups excluding carboxylic acids is 1. The smallest absolute Gasteiger partial charge is 0.234 e. The maximum absolute atomic E-state index is 12.3. The van der Waals surface area contributed by atoms with Gasteiger partial charge in [0.2, 0.25) is 5.91 Å². The lowest BCUT2D eigenvalue weighted by molar-refractivity contribution is -0.113. The standard InChI is InChI=1S/C20H30N4O2S/c1-4-6-7-8-9-14-18-22-23-20(24(18)5-2)27-15-19(25)21-16-12-10-11-13-17(16)26-3/h10-13H,4-9,14-15H2,1-3H3,(H,21,25). The molecule has 148 valence electrons. The normalized spacial score (nSPS) is 10.8. The molecule has 0 unspecified atom stereocenters. The van der Waals surface area contributed by atoms with Crippen molar-refractivity contribution in [2.24, 2.45) is 0 Å². The van der Waals surface area contributed by atoms with Crippen LogP contribution in [0.25, 0.3) is 0 Å².